The van der Waals surface area contributed by atoms with Crippen LogP contribution in [0.1, 0.15) is 38.5 Å². The van der Waals surface area contributed by atoms with Gasteiger partial charge in [-0.25, -0.2) is 0 Å². The van der Waals surface area contributed by atoms with Crippen molar-refractivity contribution in [3.63, 3.8) is 0 Å². The highest BCUT2D eigenvalue weighted by molar-refractivity contribution is 14.1. The second kappa shape index (κ2) is 6.32. The molecule has 128 valence electrons. The molecule has 0 spiro atoms. The summed E-state index contributed by atoms with van der Waals surface area (Å²) in [4.78, 5) is 24.8. The highest BCUT2D eigenvalue weighted by Crippen LogP contribution is 2.60. The van der Waals surface area contributed by atoms with Crippen LogP contribution in [0.2, 0.25) is 0 Å². The summed E-state index contributed by atoms with van der Waals surface area (Å²) in [6.45, 7) is -0.188. The van der Waals surface area contributed by atoms with Crippen molar-refractivity contribution < 1.29 is 14.3 Å². The van der Waals surface area contributed by atoms with Crippen molar-refractivity contribution in [1.82, 2.24) is 0 Å². The predicted molar refractivity (Wildman–Crippen MR) is 99.4 cm³/mol. The maximum absolute atomic E-state index is 12.7. The van der Waals surface area contributed by atoms with Gasteiger partial charge in [0.05, 0.1) is 5.41 Å². The number of hydrogen-bond acceptors (Lipinski definition) is 3. The first-order valence-corrected chi connectivity index (χ1v) is 9.83. The minimum Gasteiger partial charge on any atom is -0.455 e. The fourth-order valence-corrected chi connectivity index (χ4v) is 5.95. The number of hydrogen-bond donors (Lipinski definition) is 1. The standard InChI is InChI=1S/C19H22INO3/c20-15-2-1-3-16(7-15)21-17(22)11-24-18(23)19-8-12-4-13(9-19)6-14(5-12)10-19/h1-3,7,12-14H,4-6,8-11H2,(H,21,22). The van der Waals surface area contributed by atoms with Crippen molar-refractivity contribution in [2.75, 3.05) is 11.9 Å². The molecule has 0 atom stereocenters. The zero-order valence-corrected chi connectivity index (χ0v) is 15.8. The van der Waals surface area contributed by atoms with E-state index in [2.05, 4.69) is 27.9 Å². The Bertz CT molecular complexity index is 637. The molecule has 4 saturated carbocycles. The van der Waals surface area contributed by atoms with Crippen LogP contribution in [0.25, 0.3) is 0 Å². The van der Waals surface area contributed by atoms with E-state index < -0.39 is 0 Å². The summed E-state index contributed by atoms with van der Waals surface area (Å²) in [6, 6.07) is 7.57. The summed E-state index contributed by atoms with van der Waals surface area (Å²) < 4.78 is 6.49. The lowest BCUT2D eigenvalue weighted by Gasteiger charge is -2.55. The van der Waals surface area contributed by atoms with Crippen LogP contribution in [0.5, 0.6) is 0 Å². The third-order valence-corrected chi connectivity index (χ3v) is 6.58. The molecule has 0 unspecified atom stereocenters. The molecule has 4 bridgehead atoms. The lowest BCUT2D eigenvalue weighted by atomic mass is 9.49. The number of anilines is 1. The molecule has 1 aromatic carbocycles. The van der Waals surface area contributed by atoms with Gasteiger partial charge < -0.3 is 10.1 Å². The Morgan fingerprint density at radius 2 is 1.75 bits per heavy atom. The van der Waals surface area contributed by atoms with E-state index in [1.54, 1.807) is 0 Å². The van der Waals surface area contributed by atoms with E-state index in [9.17, 15) is 9.59 Å². The summed E-state index contributed by atoms with van der Waals surface area (Å²) >= 11 is 2.20. The van der Waals surface area contributed by atoms with Crippen molar-refractivity contribution >= 4 is 40.2 Å². The average Bonchev–Trinajstić information content (AvgIpc) is 2.51. The third kappa shape index (κ3) is 3.19. The highest BCUT2D eigenvalue weighted by Gasteiger charge is 2.55. The van der Waals surface area contributed by atoms with E-state index in [1.807, 2.05) is 24.3 Å². The zero-order chi connectivity index (χ0) is 16.7. The van der Waals surface area contributed by atoms with E-state index in [0.29, 0.717) is 17.8 Å². The van der Waals surface area contributed by atoms with Crippen LogP contribution in [-0.4, -0.2) is 18.5 Å². The summed E-state index contributed by atoms with van der Waals surface area (Å²) in [6.07, 6.45) is 6.78. The van der Waals surface area contributed by atoms with Crippen LogP contribution < -0.4 is 5.32 Å². The fourth-order valence-electron chi connectivity index (χ4n) is 5.41. The van der Waals surface area contributed by atoms with Crippen LogP contribution in [0.4, 0.5) is 5.69 Å². The van der Waals surface area contributed by atoms with E-state index in [-0.39, 0.29) is 23.9 Å². The number of halogens is 1. The molecule has 1 N–H and O–H groups in total. The number of amides is 1. The SMILES string of the molecule is O=C(COC(=O)C12CC3CC(CC(C3)C1)C2)Nc1cccc(I)c1. The molecule has 4 nitrogen and oxygen atoms in total. The first-order valence-electron chi connectivity index (χ1n) is 8.75. The van der Waals surface area contributed by atoms with Gasteiger partial charge in [0.1, 0.15) is 0 Å². The van der Waals surface area contributed by atoms with Gasteiger partial charge >= 0.3 is 5.97 Å². The smallest absolute Gasteiger partial charge is 0.312 e. The Balaban J connectivity index is 1.34. The molecule has 1 aromatic rings. The van der Waals surface area contributed by atoms with Crippen molar-refractivity contribution in [2.45, 2.75) is 38.5 Å². The van der Waals surface area contributed by atoms with Crippen LogP contribution in [-0.2, 0) is 14.3 Å². The summed E-state index contributed by atoms with van der Waals surface area (Å²) in [5.41, 5.74) is 0.440. The second-order valence-corrected chi connectivity index (χ2v) is 9.08. The fraction of sp³-hybridized carbons (Fsp3) is 0.579. The van der Waals surface area contributed by atoms with E-state index in [1.165, 1.54) is 19.3 Å². The summed E-state index contributed by atoms with van der Waals surface area (Å²) in [7, 11) is 0. The Kier molecular flexibility index (Phi) is 4.31. The molecule has 0 aliphatic heterocycles. The molecular weight excluding hydrogens is 417 g/mol. The van der Waals surface area contributed by atoms with Crippen LogP contribution in [0.15, 0.2) is 24.3 Å². The number of carbonyl (C=O) groups excluding carboxylic acids is 2. The second-order valence-electron chi connectivity index (χ2n) is 7.83. The molecule has 0 heterocycles. The van der Waals surface area contributed by atoms with Crippen LogP contribution >= 0.6 is 22.6 Å². The first-order chi connectivity index (χ1) is 11.5. The third-order valence-electron chi connectivity index (χ3n) is 5.91. The van der Waals surface area contributed by atoms with E-state index in [0.717, 1.165) is 28.5 Å². The van der Waals surface area contributed by atoms with Crippen molar-refractivity contribution in [3.05, 3.63) is 27.8 Å². The quantitative estimate of drug-likeness (QED) is 0.571. The largest absolute Gasteiger partial charge is 0.455 e. The van der Waals surface area contributed by atoms with Gasteiger partial charge in [-0.1, -0.05) is 6.07 Å². The maximum Gasteiger partial charge on any atom is 0.312 e. The molecule has 5 heteroatoms. The minimum atomic E-state index is -0.294. The molecule has 4 aliphatic carbocycles. The molecule has 1 amide bonds. The van der Waals surface area contributed by atoms with Gasteiger partial charge in [-0.05, 0) is 97.1 Å². The molecule has 0 aromatic heterocycles. The van der Waals surface area contributed by atoms with Crippen LogP contribution in [0.3, 0.4) is 0 Å². The Morgan fingerprint density at radius 1 is 1.12 bits per heavy atom. The normalized spacial score (nSPS) is 33.3. The van der Waals surface area contributed by atoms with Gasteiger partial charge in [0.25, 0.3) is 5.91 Å². The molecule has 0 radical (unpaired) electrons. The number of esters is 1. The molecule has 24 heavy (non-hydrogen) atoms. The number of carbonyl (C=O) groups is 2. The van der Waals surface area contributed by atoms with Gasteiger partial charge in [-0.15, -0.1) is 0 Å². The Hall–Kier alpha value is -1.11. The van der Waals surface area contributed by atoms with Crippen molar-refractivity contribution in [3.8, 4) is 0 Å². The van der Waals surface area contributed by atoms with E-state index >= 15 is 0 Å². The molecule has 4 aliphatic rings. The Labute approximate surface area is 155 Å². The monoisotopic (exact) mass is 439 g/mol. The predicted octanol–water partition coefficient (Wildman–Crippen LogP) is 3.99. The minimum absolute atomic E-state index is 0.139. The maximum atomic E-state index is 12.7. The van der Waals surface area contributed by atoms with Gasteiger partial charge in [0.15, 0.2) is 6.61 Å². The summed E-state index contributed by atoms with van der Waals surface area (Å²) in [5, 5.41) is 2.79. The lowest BCUT2D eigenvalue weighted by molar-refractivity contribution is -0.172. The number of rotatable bonds is 4. The Morgan fingerprint density at radius 3 is 2.33 bits per heavy atom. The summed E-state index contributed by atoms with van der Waals surface area (Å²) in [5.74, 6) is 1.69. The molecule has 4 fully saturated rings. The van der Waals surface area contributed by atoms with Gasteiger partial charge in [-0.3, -0.25) is 9.59 Å². The topological polar surface area (TPSA) is 55.4 Å². The number of nitrogens with one attached hydrogen (secondary N) is 1. The highest BCUT2D eigenvalue weighted by atomic mass is 127. The average molecular weight is 439 g/mol. The zero-order valence-electron chi connectivity index (χ0n) is 13.6. The van der Waals surface area contributed by atoms with Gasteiger partial charge in [0.2, 0.25) is 0 Å². The number of ether oxygens (including phenoxy) is 1. The number of benzene rings is 1. The van der Waals surface area contributed by atoms with Crippen molar-refractivity contribution in [1.29, 1.82) is 0 Å². The molecular formula is C19H22INO3. The lowest BCUT2D eigenvalue weighted by Crippen LogP contribution is -2.50. The van der Waals surface area contributed by atoms with E-state index in [4.69, 9.17) is 4.74 Å². The first kappa shape index (κ1) is 16.4. The van der Waals surface area contributed by atoms with Crippen LogP contribution in [0, 0.1) is 26.7 Å². The molecule has 0 saturated heterocycles. The molecule has 5 rings (SSSR count). The van der Waals surface area contributed by atoms with Gasteiger partial charge in [-0.2, -0.15) is 0 Å². The van der Waals surface area contributed by atoms with Crippen molar-refractivity contribution in [2.24, 2.45) is 23.2 Å². The van der Waals surface area contributed by atoms with Gasteiger partial charge in [0, 0.05) is 9.26 Å².